The lowest BCUT2D eigenvalue weighted by molar-refractivity contribution is 0.0714. The summed E-state index contributed by atoms with van der Waals surface area (Å²) in [5.41, 5.74) is 1.18. The first-order valence-electron chi connectivity index (χ1n) is 6.57. The van der Waals surface area contributed by atoms with Gasteiger partial charge < -0.3 is 14.2 Å². The Hall–Kier alpha value is -1.75. The van der Waals surface area contributed by atoms with E-state index in [1.54, 1.807) is 12.1 Å². The second kappa shape index (κ2) is 5.71. The van der Waals surface area contributed by atoms with Gasteiger partial charge in [-0.1, -0.05) is 22.0 Å². The van der Waals surface area contributed by atoms with Gasteiger partial charge in [-0.2, -0.15) is 0 Å². The highest BCUT2D eigenvalue weighted by Crippen LogP contribution is 2.21. The van der Waals surface area contributed by atoms with Crippen LogP contribution in [0.4, 0.5) is 5.69 Å². The summed E-state index contributed by atoms with van der Waals surface area (Å²) >= 11 is 3.49. The Balaban J connectivity index is 1.64. The van der Waals surface area contributed by atoms with E-state index in [9.17, 15) is 4.79 Å². The maximum atomic E-state index is 12.2. The summed E-state index contributed by atoms with van der Waals surface area (Å²) in [7, 11) is 0. The number of piperazine rings is 1. The number of halogens is 1. The molecule has 4 nitrogen and oxygen atoms in total. The maximum Gasteiger partial charge on any atom is 0.289 e. The fourth-order valence-electron chi connectivity index (χ4n) is 2.40. The molecule has 2 heterocycles. The van der Waals surface area contributed by atoms with Gasteiger partial charge in [-0.3, -0.25) is 4.79 Å². The first-order chi connectivity index (χ1) is 9.74. The molecule has 1 amide bonds. The normalized spacial score (nSPS) is 15.4. The molecule has 0 N–H and O–H groups in total. The van der Waals surface area contributed by atoms with Crippen LogP contribution in [-0.4, -0.2) is 37.0 Å². The molecule has 3 rings (SSSR count). The lowest BCUT2D eigenvalue weighted by Crippen LogP contribution is -2.48. The quantitative estimate of drug-likeness (QED) is 0.847. The fourth-order valence-corrected chi connectivity index (χ4v) is 2.78. The molecule has 20 heavy (non-hydrogen) atoms. The molecular weight excluding hydrogens is 320 g/mol. The van der Waals surface area contributed by atoms with Crippen molar-refractivity contribution in [2.24, 2.45) is 0 Å². The Bertz CT molecular complexity index is 590. The van der Waals surface area contributed by atoms with Crippen molar-refractivity contribution in [1.82, 2.24) is 4.90 Å². The zero-order chi connectivity index (χ0) is 13.9. The number of nitrogens with zero attached hydrogens (tertiary/aromatic N) is 2. The molecular formula is C15H15BrN2O2. The first kappa shape index (κ1) is 13.2. The van der Waals surface area contributed by atoms with Crippen LogP contribution in [0.25, 0.3) is 0 Å². The topological polar surface area (TPSA) is 36.7 Å². The van der Waals surface area contributed by atoms with E-state index in [1.807, 2.05) is 17.0 Å². The Kier molecular flexibility index (Phi) is 3.78. The van der Waals surface area contributed by atoms with Crippen molar-refractivity contribution in [3.8, 4) is 0 Å². The van der Waals surface area contributed by atoms with Gasteiger partial charge in [0.2, 0.25) is 0 Å². The summed E-state index contributed by atoms with van der Waals surface area (Å²) in [5.74, 6) is 0.393. The van der Waals surface area contributed by atoms with E-state index in [1.165, 1.54) is 12.0 Å². The summed E-state index contributed by atoms with van der Waals surface area (Å²) < 4.78 is 6.24. The van der Waals surface area contributed by atoms with Gasteiger partial charge in [0.25, 0.3) is 5.91 Å². The standard InChI is InChI=1S/C15H15BrN2O2/c16-12-3-1-4-13(11-12)17-6-8-18(9-7-17)15(19)14-5-2-10-20-14/h1-5,10-11H,6-9H2. The third-order valence-electron chi connectivity index (χ3n) is 3.47. The minimum absolute atomic E-state index is 0.0242. The van der Waals surface area contributed by atoms with Gasteiger partial charge >= 0.3 is 0 Å². The average Bonchev–Trinajstić information content (AvgIpc) is 3.01. The Morgan fingerprint density at radius 3 is 2.55 bits per heavy atom. The molecule has 0 radical (unpaired) electrons. The molecule has 1 saturated heterocycles. The zero-order valence-electron chi connectivity index (χ0n) is 11.0. The number of carbonyl (C=O) groups is 1. The molecule has 0 atom stereocenters. The first-order valence-corrected chi connectivity index (χ1v) is 7.36. The van der Waals surface area contributed by atoms with Gasteiger partial charge in [0.1, 0.15) is 0 Å². The molecule has 0 aliphatic carbocycles. The fraction of sp³-hybridized carbons (Fsp3) is 0.267. The zero-order valence-corrected chi connectivity index (χ0v) is 12.5. The highest BCUT2D eigenvalue weighted by atomic mass is 79.9. The number of benzene rings is 1. The summed E-state index contributed by atoms with van der Waals surface area (Å²) in [6.07, 6.45) is 1.53. The number of rotatable bonds is 2. The summed E-state index contributed by atoms with van der Waals surface area (Å²) in [6.45, 7) is 3.10. The van der Waals surface area contributed by atoms with Gasteiger partial charge in [0.05, 0.1) is 6.26 Å². The highest BCUT2D eigenvalue weighted by molar-refractivity contribution is 9.10. The number of carbonyl (C=O) groups excluding carboxylic acids is 1. The monoisotopic (exact) mass is 334 g/mol. The predicted octanol–water partition coefficient (Wildman–Crippen LogP) is 3.00. The van der Waals surface area contributed by atoms with E-state index in [2.05, 4.69) is 33.0 Å². The molecule has 1 aliphatic rings. The van der Waals surface area contributed by atoms with Gasteiger partial charge in [-0.05, 0) is 30.3 Å². The van der Waals surface area contributed by atoms with Gasteiger partial charge in [-0.15, -0.1) is 0 Å². The van der Waals surface area contributed by atoms with Crippen LogP contribution in [-0.2, 0) is 0 Å². The van der Waals surface area contributed by atoms with Gasteiger partial charge in [0.15, 0.2) is 5.76 Å². The number of anilines is 1. The average molecular weight is 335 g/mol. The van der Waals surface area contributed by atoms with Crippen molar-refractivity contribution in [3.63, 3.8) is 0 Å². The van der Waals surface area contributed by atoms with Crippen LogP contribution in [0.1, 0.15) is 10.6 Å². The molecule has 1 fully saturated rings. The van der Waals surface area contributed by atoms with Crippen LogP contribution in [0.3, 0.4) is 0 Å². The van der Waals surface area contributed by atoms with Crippen molar-refractivity contribution in [1.29, 1.82) is 0 Å². The highest BCUT2D eigenvalue weighted by Gasteiger charge is 2.23. The third kappa shape index (κ3) is 2.72. The van der Waals surface area contributed by atoms with Crippen LogP contribution in [0.15, 0.2) is 51.6 Å². The minimum atomic E-state index is -0.0242. The molecule has 1 aliphatic heterocycles. The van der Waals surface area contributed by atoms with Crippen LogP contribution >= 0.6 is 15.9 Å². The number of furan rings is 1. The van der Waals surface area contributed by atoms with E-state index >= 15 is 0 Å². The Morgan fingerprint density at radius 1 is 1.10 bits per heavy atom. The Labute approximate surface area is 126 Å². The van der Waals surface area contributed by atoms with Crippen molar-refractivity contribution in [2.45, 2.75) is 0 Å². The van der Waals surface area contributed by atoms with Crippen LogP contribution < -0.4 is 4.90 Å². The lowest BCUT2D eigenvalue weighted by atomic mass is 10.2. The summed E-state index contributed by atoms with van der Waals surface area (Å²) in [5, 5.41) is 0. The summed E-state index contributed by atoms with van der Waals surface area (Å²) in [4.78, 5) is 16.3. The third-order valence-corrected chi connectivity index (χ3v) is 3.97. The molecule has 2 aromatic rings. The van der Waals surface area contributed by atoms with Crippen molar-refractivity contribution < 1.29 is 9.21 Å². The summed E-state index contributed by atoms with van der Waals surface area (Å²) in [6, 6.07) is 11.7. The van der Waals surface area contributed by atoms with E-state index in [0.717, 1.165) is 17.6 Å². The van der Waals surface area contributed by atoms with Crippen LogP contribution in [0.2, 0.25) is 0 Å². The number of hydrogen-bond donors (Lipinski definition) is 0. The second-order valence-electron chi connectivity index (χ2n) is 4.74. The predicted molar refractivity (Wildman–Crippen MR) is 81.0 cm³/mol. The second-order valence-corrected chi connectivity index (χ2v) is 5.65. The Morgan fingerprint density at radius 2 is 1.90 bits per heavy atom. The van der Waals surface area contributed by atoms with E-state index < -0.39 is 0 Å². The van der Waals surface area contributed by atoms with Crippen molar-refractivity contribution in [3.05, 3.63) is 52.9 Å². The molecule has 0 spiro atoms. The molecule has 104 valence electrons. The minimum Gasteiger partial charge on any atom is -0.459 e. The number of amides is 1. The van der Waals surface area contributed by atoms with Crippen molar-refractivity contribution in [2.75, 3.05) is 31.1 Å². The number of hydrogen-bond acceptors (Lipinski definition) is 3. The van der Waals surface area contributed by atoms with Gasteiger partial charge in [0, 0.05) is 36.3 Å². The van der Waals surface area contributed by atoms with Crippen molar-refractivity contribution >= 4 is 27.5 Å². The van der Waals surface area contributed by atoms with E-state index in [0.29, 0.717) is 18.8 Å². The van der Waals surface area contributed by atoms with Crippen LogP contribution in [0, 0.1) is 0 Å². The molecule has 1 aromatic carbocycles. The molecule has 1 aromatic heterocycles. The molecule has 0 bridgehead atoms. The molecule has 0 unspecified atom stereocenters. The van der Waals surface area contributed by atoms with E-state index in [4.69, 9.17) is 4.42 Å². The lowest BCUT2D eigenvalue weighted by Gasteiger charge is -2.35. The largest absolute Gasteiger partial charge is 0.459 e. The SMILES string of the molecule is O=C(c1ccco1)N1CCN(c2cccc(Br)c2)CC1. The smallest absolute Gasteiger partial charge is 0.289 e. The van der Waals surface area contributed by atoms with E-state index in [-0.39, 0.29) is 5.91 Å². The molecule has 0 saturated carbocycles. The molecule has 5 heteroatoms. The van der Waals surface area contributed by atoms with Gasteiger partial charge in [-0.25, -0.2) is 0 Å². The maximum absolute atomic E-state index is 12.2. The van der Waals surface area contributed by atoms with Crippen LogP contribution in [0.5, 0.6) is 0 Å².